The minimum absolute atomic E-state index is 0.303. The number of amides is 2. The van der Waals surface area contributed by atoms with E-state index in [4.69, 9.17) is 27.9 Å². The van der Waals surface area contributed by atoms with Crippen molar-refractivity contribution in [2.24, 2.45) is 0 Å². The Kier molecular flexibility index (Phi) is 8.89. The first kappa shape index (κ1) is 18.7. The molecule has 0 aliphatic heterocycles. The summed E-state index contributed by atoms with van der Waals surface area (Å²) in [4.78, 5) is 23.4. The molecule has 1 rings (SSSR count). The van der Waals surface area contributed by atoms with Crippen molar-refractivity contribution in [3.8, 4) is 0 Å². The van der Waals surface area contributed by atoms with Crippen LogP contribution in [0.4, 0.5) is 5.69 Å². The SMILES string of the molecule is CCCCOCCCNC(=O)C(=O)Nc1cc(Cl)ccc1Cl. The lowest BCUT2D eigenvalue weighted by atomic mass is 10.3. The van der Waals surface area contributed by atoms with Crippen molar-refractivity contribution in [3.05, 3.63) is 28.2 Å². The standard InChI is InChI=1S/C15H20Cl2N2O3/c1-2-3-8-22-9-4-7-18-14(20)15(21)19-13-10-11(16)5-6-12(13)17/h5-6,10H,2-4,7-9H2,1H3,(H,18,20)(H,19,21). The van der Waals surface area contributed by atoms with Gasteiger partial charge in [-0.25, -0.2) is 0 Å². The predicted molar refractivity (Wildman–Crippen MR) is 88.4 cm³/mol. The molecule has 0 heterocycles. The molecule has 0 aliphatic rings. The fourth-order valence-electron chi connectivity index (χ4n) is 1.58. The highest BCUT2D eigenvalue weighted by atomic mass is 35.5. The predicted octanol–water partition coefficient (Wildman–Crippen LogP) is 3.25. The van der Waals surface area contributed by atoms with Crippen LogP contribution in [0.5, 0.6) is 0 Å². The number of nitrogens with one attached hydrogen (secondary N) is 2. The van der Waals surface area contributed by atoms with Crippen LogP contribution in [-0.4, -0.2) is 31.6 Å². The molecule has 1 aromatic rings. The molecule has 1 aromatic carbocycles. The summed E-state index contributed by atoms with van der Waals surface area (Å²) >= 11 is 11.7. The van der Waals surface area contributed by atoms with Gasteiger partial charge in [0.15, 0.2) is 0 Å². The number of hydrogen-bond acceptors (Lipinski definition) is 3. The first-order chi connectivity index (χ1) is 10.5. The van der Waals surface area contributed by atoms with Crippen molar-refractivity contribution in [2.75, 3.05) is 25.1 Å². The van der Waals surface area contributed by atoms with Crippen LogP contribution >= 0.6 is 23.2 Å². The Balaban J connectivity index is 2.27. The summed E-state index contributed by atoms with van der Waals surface area (Å²) in [7, 11) is 0. The van der Waals surface area contributed by atoms with Gasteiger partial charge in [-0.1, -0.05) is 36.5 Å². The molecule has 0 spiro atoms. The molecule has 0 saturated heterocycles. The highest BCUT2D eigenvalue weighted by molar-refractivity contribution is 6.42. The van der Waals surface area contributed by atoms with Crippen LogP contribution in [0.15, 0.2) is 18.2 Å². The number of benzene rings is 1. The van der Waals surface area contributed by atoms with E-state index in [1.54, 1.807) is 12.1 Å². The Bertz CT molecular complexity index is 510. The molecule has 0 radical (unpaired) electrons. The summed E-state index contributed by atoms with van der Waals surface area (Å²) in [6, 6.07) is 4.62. The van der Waals surface area contributed by atoms with Crippen LogP contribution in [0.3, 0.4) is 0 Å². The molecule has 0 atom stereocenters. The van der Waals surface area contributed by atoms with E-state index < -0.39 is 11.8 Å². The molecule has 5 nitrogen and oxygen atoms in total. The molecule has 0 saturated carbocycles. The molecule has 0 unspecified atom stereocenters. The maximum Gasteiger partial charge on any atom is 0.313 e. The van der Waals surface area contributed by atoms with Gasteiger partial charge in [0.1, 0.15) is 0 Å². The van der Waals surface area contributed by atoms with Gasteiger partial charge in [0.2, 0.25) is 0 Å². The highest BCUT2D eigenvalue weighted by Gasteiger charge is 2.14. The molecular formula is C15H20Cl2N2O3. The smallest absolute Gasteiger partial charge is 0.313 e. The van der Waals surface area contributed by atoms with Crippen LogP contribution < -0.4 is 10.6 Å². The Morgan fingerprint density at radius 2 is 1.86 bits per heavy atom. The maximum atomic E-state index is 11.7. The van der Waals surface area contributed by atoms with Crippen molar-refractivity contribution in [1.29, 1.82) is 0 Å². The third-order valence-electron chi connectivity index (χ3n) is 2.78. The fourth-order valence-corrected chi connectivity index (χ4v) is 1.91. The van der Waals surface area contributed by atoms with Crippen LogP contribution in [0.2, 0.25) is 10.0 Å². The van der Waals surface area contributed by atoms with Crippen LogP contribution in [0.1, 0.15) is 26.2 Å². The first-order valence-corrected chi connectivity index (χ1v) is 7.92. The number of carbonyl (C=O) groups is 2. The van der Waals surface area contributed by atoms with E-state index in [9.17, 15) is 9.59 Å². The molecule has 0 aromatic heterocycles. The second kappa shape index (κ2) is 10.4. The quantitative estimate of drug-likeness (QED) is 0.560. The molecule has 2 N–H and O–H groups in total. The fraction of sp³-hybridized carbons (Fsp3) is 0.467. The summed E-state index contributed by atoms with van der Waals surface area (Å²) in [6.45, 7) is 3.75. The first-order valence-electron chi connectivity index (χ1n) is 7.16. The normalized spacial score (nSPS) is 10.3. The zero-order valence-electron chi connectivity index (χ0n) is 12.5. The van der Waals surface area contributed by atoms with Crippen LogP contribution in [0.25, 0.3) is 0 Å². The maximum absolute atomic E-state index is 11.7. The number of anilines is 1. The topological polar surface area (TPSA) is 67.4 Å². The molecule has 122 valence electrons. The molecule has 0 bridgehead atoms. The summed E-state index contributed by atoms with van der Waals surface area (Å²) in [5.41, 5.74) is 0.303. The van der Waals surface area contributed by atoms with Gasteiger partial charge in [-0.15, -0.1) is 0 Å². The highest BCUT2D eigenvalue weighted by Crippen LogP contribution is 2.25. The lowest BCUT2D eigenvalue weighted by Crippen LogP contribution is -2.36. The second-order valence-corrected chi connectivity index (χ2v) is 5.50. The third kappa shape index (κ3) is 7.11. The van der Waals surface area contributed by atoms with Gasteiger partial charge in [-0.2, -0.15) is 0 Å². The Morgan fingerprint density at radius 3 is 2.59 bits per heavy atom. The minimum Gasteiger partial charge on any atom is -0.381 e. The van der Waals surface area contributed by atoms with Gasteiger partial charge in [0, 0.05) is 24.8 Å². The van der Waals surface area contributed by atoms with Crippen molar-refractivity contribution in [2.45, 2.75) is 26.2 Å². The minimum atomic E-state index is -0.781. The summed E-state index contributed by atoms with van der Waals surface area (Å²) < 4.78 is 5.36. The third-order valence-corrected chi connectivity index (χ3v) is 3.34. The number of rotatable bonds is 8. The van der Waals surface area contributed by atoms with Gasteiger partial charge < -0.3 is 15.4 Å². The van der Waals surface area contributed by atoms with Crippen molar-refractivity contribution >= 4 is 40.7 Å². The van der Waals surface area contributed by atoms with Crippen LogP contribution in [0, 0.1) is 0 Å². The molecule has 22 heavy (non-hydrogen) atoms. The molecule has 7 heteroatoms. The molecule has 0 aliphatic carbocycles. The number of carbonyl (C=O) groups excluding carboxylic acids is 2. The second-order valence-electron chi connectivity index (χ2n) is 4.65. The van der Waals surface area contributed by atoms with E-state index in [1.807, 2.05) is 0 Å². The Hall–Kier alpha value is -1.30. The largest absolute Gasteiger partial charge is 0.381 e. The number of unbranched alkanes of at least 4 members (excludes halogenated alkanes) is 1. The van der Waals surface area contributed by atoms with Gasteiger partial charge in [0.25, 0.3) is 0 Å². The lowest BCUT2D eigenvalue weighted by molar-refractivity contribution is -0.136. The lowest BCUT2D eigenvalue weighted by Gasteiger charge is -2.08. The molecule has 0 fully saturated rings. The van der Waals surface area contributed by atoms with Crippen molar-refractivity contribution < 1.29 is 14.3 Å². The van der Waals surface area contributed by atoms with E-state index >= 15 is 0 Å². The van der Waals surface area contributed by atoms with E-state index in [1.165, 1.54) is 6.07 Å². The summed E-state index contributed by atoms with van der Waals surface area (Å²) in [6.07, 6.45) is 2.76. The zero-order chi connectivity index (χ0) is 16.4. The average Bonchev–Trinajstić information content (AvgIpc) is 2.49. The van der Waals surface area contributed by atoms with Crippen molar-refractivity contribution in [3.63, 3.8) is 0 Å². The zero-order valence-corrected chi connectivity index (χ0v) is 14.0. The van der Waals surface area contributed by atoms with Gasteiger partial charge in [0.05, 0.1) is 10.7 Å². The Labute approximate surface area is 140 Å². The van der Waals surface area contributed by atoms with Crippen molar-refractivity contribution in [1.82, 2.24) is 5.32 Å². The van der Waals surface area contributed by atoms with Gasteiger partial charge >= 0.3 is 11.8 Å². The van der Waals surface area contributed by atoms with Crippen LogP contribution in [-0.2, 0) is 14.3 Å². The number of halogens is 2. The number of hydrogen-bond donors (Lipinski definition) is 2. The van der Waals surface area contributed by atoms with E-state index in [2.05, 4.69) is 17.6 Å². The average molecular weight is 347 g/mol. The number of ether oxygens (including phenoxy) is 1. The monoisotopic (exact) mass is 346 g/mol. The summed E-state index contributed by atoms with van der Waals surface area (Å²) in [5.74, 6) is -1.50. The van der Waals surface area contributed by atoms with E-state index in [-0.39, 0.29) is 0 Å². The Morgan fingerprint density at radius 1 is 1.14 bits per heavy atom. The summed E-state index contributed by atoms with van der Waals surface area (Å²) in [5, 5.41) is 5.68. The molecular weight excluding hydrogens is 327 g/mol. The molecule has 2 amide bonds. The van der Waals surface area contributed by atoms with E-state index in [0.29, 0.717) is 35.3 Å². The van der Waals surface area contributed by atoms with E-state index in [0.717, 1.165) is 19.4 Å². The van der Waals surface area contributed by atoms with Gasteiger partial charge in [-0.3, -0.25) is 9.59 Å². The van der Waals surface area contributed by atoms with Gasteiger partial charge in [-0.05, 0) is 31.0 Å².